The molecule has 1 aromatic carbocycles. The number of benzene rings is 1. The third kappa shape index (κ3) is 3.10. The van der Waals surface area contributed by atoms with Crippen molar-refractivity contribution in [3.8, 4) is 0 Å². The SMILES string of the molecule is Cc1ccc(C)c(C[NH+]2CCC[C@H](C(N)=O)C2)c1. The van der Waals surface area contributed by atoms with Gasteiger partial charge in [0.15, 0.2) is 0 Å². The van der Waals surface area contributed by atoms with Gasteiger partial charge in [-0.05, 0) is 32.3 Å². The maximum atomic E-state index is 11.3. The molecule has 1 amide bonds. The first kappa shape index (κ1) is 13.1. The maximum absolute atomic E-state index is 11.3. The number of quaternary nitrogens is 1. The van der Waals surface area contributed by atoms with Crippen LogP contribution in [-0.2, 0) is 11.3 Å². The van der Waals surface area contributed by atoms with E-state index in [2.05, 4.69) is 32.0 Å². The van der Waals surface area contributed by atoms with E-state index in [1.807, 2.05) is 0 Å². The minimum absolute atomic E-state index is 0.0684. The number of rotatable bonds is 3. The van der Waals surface area contributed by atoms with Gasteiger partial charge >= 0.3 is 0 Å². The molecule has 1 fully saturated rings. The van der Waals surface area contributed by atoms with Gasteiger partial charge in [-0.25, -0.2) is 0 Å². The number of piperidine rings is 1. The van der Waals surface area contributed by atoms with E-state index < -0.39 is 0 Å². The highest BCUT2D eigenvalue weighted by molar-refractivity contribution is 5.76. The van der Waals surface area contributed by atoms with E-state index in [4.69, 9.17) is 5.73 Å². The van der Waals surface area contributed by atoms with Crippen molar-refractivity contribution >= 4 is 5.91 Å². The summed E-state index contributed by atoms with van der Waals surface area (Å²) in [4.78, 5) is 12.8. The predicted octanol–water partition coefficient (Wildman–Crippen LogP) is 0.584. The number of nitrogens with two attached hydrogens (primary N) is 1. The molecule has 1 aromatic rings. The Hall–Kier alpha value is -1.35. The number of likely N-dealkylation sites (tertiary alicyclic amines) is 1. The van der Waals surface area contributed by atoms with Gasteiger partial charge in [0.1, 0.15) is 6.54 Å². The van der Waals surface area contributed by atoms with Crippen LogP contribution in [0.3, 0.4) is 0 Å². The first-order chi connectivity index (χ1) is 8.56. The zero-order valence-electron chi connectivity index (χ0n) is 11.3. The summed E-state index contributed by atoms with van der Waals surface area (Å²) in [5, 5.41) is 0. The van der Waals surface area contributed by atoms with Gasteiger partial charge in [-0.3, -0.25) is 4.79 Å². The van der Waals surface area contributed by atoms with Crippen LogP contribution in [0.15, 0.2) is 18.2 Å². The van der Waals surface area contributed by atoms with Gasteiger partial charge < -0.3 is 10.6 Å². The lowest BCUT2D eigenvalue weighted by atomic mass is 9.96. The molecule has 0 aliphatic carbocycles. The lowest BCUT2D eigenvalue weighted by Gasteiger charge is -2.28. The first-order valence-corrected chi connectivity index (χ1v) is 6.75. The van der Waals surface area contributed by atoms with Gasteiger partial charge in [-0.15, -0.1) is 0 Å². The Balaban J connectivity index is 2.04. The van der Waals surface area contributed by atoms with Gasteiger partial charge in [0.2, 0.25) is 5.91 Å². The van der Waals surface area contributed by atoms with Crippen LogP contribution >= 0.6 is 0 Å². The Bertz CT molecular complexity index is 442. The van der Waals surface area contributed by atoms with Crippen molar-refractivity contribution < 1.29 is 9.69 Å². The molecule has 0 saturated carbocycles. The van der Waals surface area contributed by atoms with Crippen molar-refractivity contribution in [3.05, 3.63) is 34.9 Å². The van der Waals surface area contributed by atoms with E-state index in [1.54, 1.807) is 0 Å². The summed E-state index contributed by atoms with van der Waals surface area (Å²) >= 11 is 0. The zero-order valence-corrected chi connectivity index (χ0v) is 11.3. The number of carbonyl (C=O) groups excluding carboxylic acids is 1. The van der Waals surface area contributed by atoms with Crippen LogP contribution in [0.25, 0.3) is 0 Å². The summed E-state index contributed by atoms with van der Waals surface area (Å²) in [5.74, 6) is -0.0629. The Kier molecular flexibility index (Phi) is 4.02. The quantitative estimate of drug-likeness (QED) is 0.806. The van der Waals surface area contributed by atoms with Crippen molar-refractivity contribution in [1.29, 1.82) is 0 Å². The molecule has 2 rings (SSSR count). The summed E-state index contributed by atoms with van der Waals surface area (Å²) < 4.78 is 0. The normalized spacial score (nSPS) is 23.9. The summed E-state index contributed by atoms with van der Waals surface area (Å²) in [5.41, 5.74) is 9.47. The fraction of sp³-hybridized carbons (Fsp3) is 0.533. The average Bonchev–Trinajstić information content (AvgIpc) is 2.34. The lowest BCUT2D eigenvalue weighted by Crippen LogP contribution is -3.12. The Morgan fingerprint density at radius 3 is 2.94 bits per heavy atom. The van der Waals surface area contributed by atoms with E-state index in [0.717, 1.165) is 32.5 Å². The molecule has 0 bridgehead atoms. The lowest BCUT2D eigenvalue weighted by molar-refractivity contribution is -0.921. The van der Waals surface area contributed by atoms with E-state index in [9.17, 15) is 4.79 Å². The summed E-state index contributed by atoms with van der Waals surface area (Å²) in [6, 6.07) is 6.59. The smallest absolute Gasteiger partial charge is 0.226 e. The topological polar surface area (TPSA) is 47.5 Å². The van der Waals surface area contributed by atoms with Gasteiger partial charge in [0.05, 0.1) is 19.0 Å². The highest BCUT2D eigenvalue weighted by atomic mass is 16.1. The summed E-state index contributed by atoms with van der Waals surface area (Å²) in [7, 11) is 0. The van der Waals surface area contributed by atoms with Crippen molar-refractivity contribution in [2.24, 2.45) is 11.7 Å². The van der Waals surface area contributed by atoms with Crippen LogP contribution in [0.4, 0.5) is 0 Å². The highest BCUT2D eigenvalue weighted by Gasteiger charge is 2.27. The van der Waals surface area contributed by atoms with Crippen LogP contribution < -0.4 is 10.6 Å². The number of hydrogen-bond acceptors (Lipinski definition) is 1. The van der Waals surface area contributed by atoms with Crippen molar-refractivity contribution in [3.63, 3.8) is 0 Å². The molecule has 1 aliphatic rings. The zero-order chi connectivity index (χ0) is 13.1. The molecule has 1 aliphatic heterocycles. The fourth-order valence-corrected chi connectivity index (χ4v) is 2.81. The molecule has 1 saturated heterocycles. The first-order valence-electron chi connectivity index (χ1n) is 6.75. The van der Waals surface area contributed by atoms with E-state index >= 15 is 0 Å². The van der Waals surface area contributed by atoms with Gasteiger partial charge in [0, 0.05) is 5.56 Å². The van der Waals surface area contributed by atoms with Crippen LogP contribution in [0.1, 0.15) is 29.5 Å². The third-order valence-electron chi connectivity index (χ3n) is 3.97. The highest BCUT2D eigenvalue weighted by Crippen LogP contribution is 2.11. The van der Waals surface area contributed by atoms with Gasteiger partial charge in [-0.2, -0.15) is 0 Å². The van der Waals surface area contributed by atoms with E-state index in [1.165, 1.54) is 21.6 Å². The molecule has 1 unspecified atom stereocenters. The molecule has 1 heterocycles. The molecule has 3 N–H and O–H groups in total. The number of carbonyl (C=O) groups is 1. The minimum atomic E-state index is -0.131. The summed E-state index contributed by atoms with van der Waals surface area (Å²) in [6.07, 6.45) is 2.07. The number of amides is 1. The van der Waals surface area contributed by atoms with Crippen LogP contribution in [-0.4, -0.2) is 19.0 Å². The minimum Gasteiger partial charge on any atom is -0.369 e. The molecule has 0 spiro atoms. The van der Waals surface area contributed by atoms with Crippen molar-refractivity contribution in [2.45, 2.75) is 33.2 Å². The Morgan fingerprint density at radius 2 is 2.22 bits per heavy atom. The predicted molar refractivity (Wildman–Crippen MR) is 72.2 cm³/mol. The molecule has 2 atom stereocenters. The number of aryl methyl sites for hydroxylation is 2. The van der Waals surface area contributed by atoms with Gasteiger partial charge in [0.25, 0.3) is 0 Å². The molecular formula is C15H23N2O+. The average molecular weight is 247 g/mol. The number of nitrogens with one attached hydrogen (secondary N) is 1. The standard InChI is InChI=1S/C15H22N2O/c1-11-5-6-12(2)14(8-11)10-17-7-3-4-13(9-17)15(16)18/h5-6,8,13H,3-4,7,9-10H2,1-2H3,(H2,16,18)/p+1/t13-/m0/s1. The second kappa shape index (κ2) is 5.53. The van der Waals surface area contributed by atoms with Crippen molar-refractivity contribution in [2.75, 3.05) is 13.1 Å². The van der Waals surface area contributed by atoms with Crippen LogP contribution in [0.5, 0.6) is 0 Å². The second-order valence-electron chi connectivity index (χ2n) is 5.55. The third-order valence-corrected chi connectivity index (χ3v) is 3.97. The molecule has 3 heteroatoms. The largest absolute Gasteiger partial charge is 0.369 e. The fourth-order valence-electron chi connectivity index (χ4n) is 2.81. The van der Waals surface area contributed by atoms with Gasteiger partial charge in [-0.1, -0.05) is 23.8 Å². The van der Waals surface area contributed by atoms with Crippen LogP contribution in [0.2, 0.25) is 0 Å². The second-order valence-corrected chi connectivity index (χ2v) is 5.55. The molecule has 3 nitrogen and oxygen atoms in total. The molecule has 0 radical (unpaired) electrons. The molecule has 0 aromatic heterocycles. The summed E-state index contributed by atoms with van der Waals surface area (Å²) in [6.45, 7) is 7.33. The van der Waals surface area contributed by atoms with E-state index in [-0.39, 0.29) is 11.8 Å². The molecular weight excluding hydrogens is 224 g/mol. The van der Waals surface area contributed by atoms with Crippen LogP contribution in [0, 0.1) is 19.8 Å². The number of primary amides is 1. The molecule has 18 heavy (non-hydrogen) atoms. The monoisotopic (exact) mass is 247 g/mol. The number of hydrogen-bond donors (Lipinski definition) is 2. The Labute approximate surface area is 109 Å². The van der Waals surface area contributed by atoms with E-state index in [0.29, 0.717) is 0 Å². The Morgan fingerprint density at radius 1 is 1.44 bits per heavy atom. The van der Waals surface area contributed by atoms with Crippen molar-refractivity contribution in [1.82, 2.24) is 0 Å². The molecule has 98 valence electrons. The maximum Gasteiger partial charge on any atom is 0.226 e.